The third-order valence-corrected chi connectivity index (χ3v) is 3.46. The molecule has 4 N–H and O–H groups in total. The molecule has 1 aromatic rings. The van der Waals surface area contributed by atoms with Crippen LogP contribution in [0.4, 0.5) is 11.6 Å². The summed E-state index contributed by atoms with van der Waals surface area (Å²) in [5.74, 6) is 3.00. The highest BCUT2D eigenvalue weighted by Crippen LogP contribution is 2.20. The molecule has 0 aromatic carbocycles. The molecular formula is C12H23N5. The Balaban J connectivity index is 1.82. The van der Waals surface area contributed by atoms with Crippen molar-refractivity contribution in [2.24, 2.45) is 5.92 Å². The van der Waals surface area contributed by atoms with Gasteiger partial charge in [0.1, 0.15) is 11.6 Å². The van der Waals surface area contributed by atoms with E-state index in [2.05, 4.69) is 34.0 Å². The number of nitrogens with zero attached hydrogens (tertiary/aromatic N) is 2. The number of aromatic amines is 1. The Labute approximate surface area is 103 Å². The predicted molar refractivity (Wildman–Crippen MR) is 71.0 cm³/mol. The molecule has 1 saturated heterocycles. The van der Waals surface area contributed by atoms with Gasteiger partial charge in [0.25, 0.3) is 0 Å². The zero-order valence-electron chi connectivity index (χ0n) is 11.0. The molecule has 1 unspecified atom stereocenters. The van der Waals surface area contributed by atoms with E-state index in [0.717, 1.165) is 18.2 Å². The van der Waals surface area contributed by atoms with E-state index in [1.165, 1.54) is 19.5 Å². The number of anilines is 2. The average molecular weight is 237 g/mol. The van der Waals surface area contributed by atoms with Crippen molar-refractivity contribution in [2.75, 3.05) is 30.7 Å². The Morgan fingerprint density at radius 2 is 2.35 bits per heavy atom. The van der Waals surface area contributed by atoms with Crippen LogP contribution >= 0.6 is 0 Å². The second-order valence-electron chi connectivity index (χ2n) is 5.21. The van der Waals surface area contributed by atoms with Gasteiger partial charge in [0.2, 0.25) is 0 Å². The van der Waals surface area contributed by atoms with Crippen molar-refractivity contribution < 1.29 is 0 Å². The van der Waals surface area contributed by atoms with Gasteiger partial charge in [0.05, 0.1) is 0 Å². The van der Waals surface area contributed by atoms with Crippen LogP contribution in [0.3, 0.4) is 0 Å². The standard InChI is InChI=1S/C12H23N5/c1-8(2)17-5-4-10(7-17)6-14-12-11(13)15-9(3)16-12/h8,10,14H,4-7,13H2,1-3H3,(H,15,16). The molecule has 0 saturated carbocycles. The van der Waals surface area contributed by atoms with Crippen molar-refractivity contribution in [2.45, 2.75) is 33.2 Å². The minimum absolute atomic E-state index is 0.640. The Morgan fingerprint density at radius 1 is 1.59 bits per heavy atom. The third-order valence-electron chi connectivity index (χ3n) is 3.46. The quantitative estimate of drug-likeness (QED) is 0.741. The lowest BCUT2D eigenvalue weighted by molar-refractivity contribution is 0.266. The summed E-state index contributed by atoms with van der Waals surface area (Å²) in [4.78, 5) is 9.84. The van der Waals surface area contributed by atoms with Gasteiger partial charge in [-0.3, -0.25) is 0 Å². The van der Waals surface area contributed by atoms with Gasteiger partial charge in [0.15, 0.2) is 5.82 Å². The first-order chi connectivity index (χ1) is 8.06. The second-order valence-corrected chi connectivity index (χ2v) is 5.21. The molecular weight excluding hydrogens is 214 g/mol. The van der Waals surface area contributed by atoms with Crippen LogP contribution < -0.4 is 11.1 Å². The topological polar surface area (TPSA) is 70.0 Å². The fourth-order valence-corrected chi connectivity index (χ4v) is 2.38. The van der Waals surface area contributed by atoms with E-state index in [9.17, 15) is 0 Å². The Bertz CT molecular complexity index is 371. The molecule has 1 atom stereocenters. The number of H-pyrrole nitrogens is 1. The van der Waals surface area contributed by atoms with Gasteiger partial charge in [-0.15, -0.1) is 0 Å². The summed E-state index contributed by atoms with van der Waals surface area (Å²) in [5, 5.41) is 3.34. The van der Waals surface area contributed by atoms with E-state index in [1.54, 1.807) is 0 Å². The molecule has 0 aliphatic carbocycles. The molecule has 1 aromatic heterocycles. The van der Waals surface area contributed by atoms with Gasteiger partial charge in [-0.2, -0.15) is 0 Å². The lowest BCUT2D eigenvalue weighted by atomic mass is 10.1. The van der Waals surface area contributed by atoms with Crippen LogP contribution in [-0.2, 0) is 0 Å². The van der Waals surface area contributed by atoms with E-state index >= 15 is 0 Å². The smallest absolute Gasteiger partial charge is 0.168 e. The van der Waals surface area contributed by atoms with Crippen molar-refractivity contribution in [1.29, 1.82) is 0 Å². The molecule has 0 radical (unpaired) electrons. The minimum atomic E-state index is 0.640. The molecule has 1 aliphatic heterocycles. The number of likely N-dealkylation sites (tertiary alicyclic amines) is 1. The number of hydrogen-bond acceptors (Lipinski definition) is 4. The summed E-state index contributed by atoms with van der Waals surface area (Å²) in [6.07, 6.45) is 1.26. The number of nitrogen functional groups attached to an aromatic ring is 1. The van der Waals surface area contributed by atoms with Crippen LogP contribution in [0.1, 0.15) is 26.1 Å². The number of imidazole rings is 1. The number of nitrogens with two attached hydrogens (primary N) is 1. The molecule has 1 fully saturated rings. The van der Waals surface area contributed by atoms with E-state index in [4.69, 9.17) is 5.73 Å². The van der Waals surface area contributed by atoms with Crippen LogP contribution in [0.15, 0.2) is 0 Å². The van der Waals surface area contributed by atoms with E-state index in [0.29, 0.717) is 17.8 Å². The van der Waals surface area contributed by atoms with Gasteiger partial charge >= 0.3 is 0 Å². The molecule has 96 valence electrons. The molecule has 5 heteroatoms. The van der Waals surface area contributed by atoms with Crippen LogP contribution in [0.25, 0.3) is 0 Å². The molecule has 2 rings (SSSR count). The van der Waals surface area contributed by atoms with E-state index in [1.807, 2.05) is 6.92 Å². The predicted octanol–water partition coefficient (Wildman–Crippen LogP) is 1.44. The molecule has 2 heterocycles. The van der Waals surface area contributed by atoms with Gasteiger partial charge in [-0.05, 0) is 39.7 Å². The van der Waals surface area contributed by atoms with Gasteiger partial charge < -0.3 is 20.9 Å². The fraction of sp³-hybridized carbons (Fsp3) is 0.750. The Hall–Kier alpha value is -1.23. The van der Waals surface area contributed by atoms with Crippen molar-refractivity contribution in [3.05, 3.63) is 5.82 Å². The SMILES string of the molecule is Cc1nc(NCC2CCN(C(C)C)C2)c(N)[nH]1. The van der Waals surface area contributed by atoms with E-state index < -0.39 is 0 Å². The Kier molecular flexibility index (Phi) is 3.57. The normalized spacial score (nSPS) is 21.3. The average Bonchev–Trinajstić information content (AvgIpc) is 2.82. The van der Waals surface area contributed by atoms with E-state index in [-0.39, 0.29) is 0 Å². The highest BCUT2D eigenvalue weighted by atomic mass is 15.2. The van der Waals surface area contributed by atoms with Crippen molar-refractivity contribution in [3.8, 4) is 0 Å². The summed E-state index contributed by atoms with van der Waals surface area (Å²) in [6.45, 7) is 9.76. The molecule has 0 spiro atoms. The number of rotatable bonds is 4. The second kappa shape index (κ2) is 4.96. The van der Waals surface area contributed by atoms with Gasteiger partial charge in [-0.1, -0.05) is 0 Å². The first-order valence-electron chi connectivity index (χ1n) is 6.36. The number of nitrogens with one attached hydrogen (secondary N) is 2. The van der Waals surface area contributed by atoms with Crippen LogP contribution in [-0.4, -0.2) is 40.5 Å². The maximum absolute atomic E-state index is 5.81. The summed E-state index contributed by atoms with van der Waals surface area (Å²) in [7, 11) is 0. The first kappa shape index (κ1) is 12.2. The fourth-order valence-electron chi connectivity index (χ4n) is 2.38. The largest absolute Gasteiger partial charge is 0.382 e. The monoisotopic (exact) mass is 237 g/mol. The lowest BCUT2D eigenvalue weighted by Gasteiger charge is -2.20. The number of aryl methyl sites for hydroxylation is 1. The zero-order valence-corrected chi connectivity index (χ0v) is 11.0. The lowest BCUT2D eigenvalue weighted by Crippen LogP contribution is -2.29. The number of hydrogen-bond donors (Lipinski definition) is 3. The van der Waals surface area contributed by atoms with Crippen LogP contribution in [0.2, 0.25) is 0 Å². The van der Waals surface area contributed by atoms with Gasteiger partial charge in [-0.25, -0.2) is 4.98 Å². The minimum Gasteiger partial charge on any atom is -0.382 e. The highest BCUT2D eigenvalue weighted by Gasteiger charge is 2.24. The van der Waals surface area contributed by atoms with Crippen LogP contribution in [0, 0.1) is 12.8 Å². The number of aromatic nitrogens is 2. The van der Waals surface area contributed by atoms with Crippen molar-refractivity contribution >= 4 is 11.6 Å². The van der Waals surface area contributed by atoms with Gasteiger partial charge in [0, 0.05) is 19.1 Å². The first-order valence-corrected chi connectivity index (χ1v) is 6.36. The maximum Gasteiger partial charge on any atom is 0.168 e. The molecule has 5 nitrogen and oxygen atoms in total. The van der Waals surface area contributed by atoms with Crippen molar-refractivity contribution in [3.63, 3.8) is 0 Å². The summed E-state index contributed by atoms with van der Waals surface area (Å²) in [5.41, 5.74) is 5.81. The molecule has 1 aliphatic rings. The summed E-state index contributed by atoms with van der Waals surface area (Å²) >= 11 is 0. The maximum atomic E-state index is 5.81. The Morgan fingerprint density at radius 3 is 2.88 bits per heavy atom. The van der Waals surface area contributed by atoms with Crippen LogP contribution in [0.5, 0.6) is 0 Å². The molecule has 17 heavy (non-hydrogen) atoms. The summed E-state index contributed by atoms with van der Waals surface area (Å²) in [6, 6.07) is 0.651. The van der Waals surface area contributed by atoms with Crippen molar-refractivity contribution in [1.82, 2.24) is 14.9 Å². The molecule has 0 amide bonds. The third kappa shape index (κ3) is 2.91. The zero-order chi connectivity index (χ0) is 12.4. The highest BCUT2D eigenvalue weighted by molar-refractivity contribution is 5.56. The molecule has 0 bridgehead atoms. The summed E-state index contributed by atoms with van der Waals surface area (Å²) < 4.78 is 0.